The Kier molecular flexibility index (Phi) is 2.88. The number of benzene rings is 1. The van der Waals surface area contributed by atoms with E-state index in [-0.39, 0.29) is 36.1 Å². The lowest BCUT2D eigenvalue weighted by Gasteiger charge is -2.58. The van der Waals surface area contributed by atoms with Crippen LogP contribution in [0.3, 0.4) is 0 Å². The van der Waals surface area contributed by atoms with Crippen LogP contribution in [0.5, 0.6) is 0 Å². The monoisotopic (exact) mass is 368 g/mol. The Morgan fingerprint density at radius 3 is 2.89 bits per heavy atom. The number of hydrogen-bond donors (Lipinski definition) is 1. The minimum Gasteiger partial charge on any atom is -0.468 e. The van der Waals surface area contributed by atoms with Gasteiger partial charge in [-0.25, -0.2) is 0 Å². The summed E-state index contributed by atoms with van der Waals surface area (Å²) in [6.07, 6.45) is 1.77. The van der Waals surface area contributed by atoms with E-state index in [0.717, 1.165) is 37.3 Å². The van der Waals surface area contributed by atoms with Gasteiger partial charge >= 0.3 is 5.97 Å². The molecule has 6 nitrogen and oxygen atoms in total. The fourth-order valence-electron chi connectivity index (χ4n) is 7.24. The van der Waals surface area contributed by atoms with Crippen LogP contribution in [0.2, 0.25) is 0 Å². The molecule has 27 heavy (non-hydrogen) atoms. The molecule has 0 amide bonds. The standard InChI is InChI=1S/C21H24N2O4/c1-12-21(27-12)15-7-9-23-10-8-19(17(21)23)13-5-3-4-6-14(13)22-16(19)20(15,11-24)18(25)26-2/h3-6,12,15,17,24H,7-11H2,1-2H3/t12-,15-,17+,19-,20?,21+/m1/s1. The maximum atomic E-state index is 13.3. The van der Waals surface area contributed by atoms with Crippen LogP contribution in [0, 0.1) is 11.3 Å². The predicted octanol–water partition coefficient (Wildman–Crippen LogP) is 1.43. The van der Waals surface area contributed by atoms with Gasteiger partial charge in [-0.05, 0) is 44.5 Å². The molecule has 5 aliphatic rings. The number of aliphatic imine (C=N–C) groups is 1. The van der Waals surface area contributed by atoms with Crippen molar-refractivity contribution in [3.63, 3.8) is 0 Å². The molecule has 142 valence electrons. The number of aliphatic hydroxyl groups excluding tert-OH is 1. The Morgan fingerprint density at radius 1 is 1.41 bits per heavy atom. The highest BCUT2D eigenvalue weighted by Crippen LogP contribution is 2.71. The predicted molar refractivity (Wildman–Crippen MR) is 98.1 cm³/mol. The number of ether oxygens (including phenoxy) is 2. The lowest BCUT2D eigenvalue weighted by Crippen LogP contribution is -2.74. The normalized spacial score (nSPS) is 46.0. The van der Waals surface area contributed by atoms with E-state index in [0.29, 0.717) is 0 Å². The number of methoxy groups -OCH3 is 1. The molecule has 4 aliphatic heterocycles. The first-order chi connectivity index (χ1) is 13.1. The molecule has 2 spiro atoms. The van der Waals surface area contributed by atoms with E-state index in [4.69, 9.17) is 14.5 Å². The summed E-state index contributed by atoms with van der Waals surface area (Å²) in [6, 6.07) is 8.37. The Balaban J connectivity index is 1.71. The van der Waals surface area contributed by atoms with Crippen LogP contribution in [-0.4, -0.2) is 66.2 Å². The zero-order chi connectivity index (χ0) is 18.6. The minimum absolute atomic E-state index is 0.0650. The fourth-order valence-corrected chi connectivity index (χ4v) is 7.24. The molecule has 1 N–H and O–H groups in total. The lowest BCUT2D eigenvalue weighted by molar-refractivity contribution is -0.161. The Morgan fingerprint density at radius 2 is 2.19 bits per heavy atom. The van der Waals surface area contributed by atoms with Crippen LogP contribution in [0.1, 0.15) is 25.3 Å². The molecule has 1 saturated carbocycles. The molecule has 0 aromatic heterocycles. The minimum atomic E-state index is -1.13. The van der Waals surface area contributed by atoms with Crippen molar-refractivity contribution in [2.45, 2.75) is 42.9 Å². The van der Waals surface area contributed by atoms with Crippen molar-refractivity contribution in [2.75, 3.05) is 26.8 Å². The molecule has 3 saturated heterocycles. The van der Waals surface area contributed by atoms with Crippen LogP contribution in [0.15, 0.2) is 29.3 Å². The van der Waals surface area contributed by atoms with Gasteiger partial charge in [0.1, 0.15) is 11.0 Å². The first-order valence-electron chi connectivity index (χ1n) is 9.87. The lowest BCUT2D eigenvalue weighted by atomic mass is 9.46. The molecule has 6 atom stereocenters. The van der Waals surface area contributed by atoms with Crippen molar-refractivity contribution in [3.05, 3.63) is 29.8 Å². The van der Waals surface area contributed by atoms with Gasteiger partial charge in [-0.15, -0.1) is 0 Å². The summed E-state index contributed by atoms with van der Waals surface area (Å²) in [4.78, 5) is 20.8. The molecule has 1 aliphatic carbocycles. The molecule has 1 aromatic carbocycles. The fraction of sp³-hybridized carbons (Fsp3) is 0.619. The highest BCUT2D eigenvalue weighted by Gasteiger charge is 2.84. The average Bonchev–Trinajstić information content (AvgIpc) is 3.06. The van der Waals surface area contributed by atoms with Gasteiger partial charge in [0, 0.05) is 5.92 Å². The summed E-state index contributed by atoms with van der Waals surface area (Å²) < 4.78 is 11.6. The Bertz CT molecular complexity index is 900. The number of aliphatic hydroxyl groups is 1. The van der Waals surface area contributed by atoms with Crippen LogP contribution in [0.4, 0.5) is 5.69 Å². The van der Waals surface area contributed by atoms with Gasteiger partial charge in [0.2, 0.25) is 0 Å². The summed E-state index contributed by atoms with van der Waals surface area (Å²) in [5, 5.41) is 10.7. The molecule has 6 heteroatoms. The van der Waals surface area contributed by atoms with Crippen molar-refractivity contribution in [3.8, 4) is 0 Å². The van der Waals surface area contributed by atoms with E-state index in [1.165, 1.54) is 12.7 Å². The van der Waals surface area contributed by atoms with Gasteiger partial charge in [0.05, 0.1) is 42.7 Å². The van der Waals surface area contributed by atoms with E-state index >= 15 is 0 Å². The average molecular weight is 368 g/mol. The smallest absolute Gasteiger partial charge is 0.320 e. The summed E-state index contributed by atoms with van der Waals surface area (Å²) >= 11 is 0. The maximum Gasteiger partial charge on any atom is 0.320 e. The Labute approximate surface area is 158 Å². The summed E-state index contributed by atoms with van der Waals surface area (Å²) in [5.74, 6) is -0.486. The highest BCUT2D eigenvalue weighted by molar-refractivity contribution is 6.17. The van der Waals surface area contributed by atoms with Crippen molar-refractivity contribution >= 4 is 17.4 Å². The van der Waals surface area contributed by atoms with Gasteiger partial charge in [-0.2, -0.15) is 0 Å². The third-order valence-corrected chi connectivity index (χ3v) is 8.12. The first-order valence-corrected chi connectivity index (χ1v) is 9.87. The number of fused-ring (bicyclic) bond motifs is 1. The molecular formula is C21H24N2O4. The number of esters is 1. The largest absolute Gasteiger partial charge is 0.468 e. The van der Waals surface area contributed by atoms with Crippen LogP contribution < -0.4 is 0 Å². The molecule has 1 aromatic rings. The topological polar surface area (TPSA) is 74.7 Å². The van der Waals surface area contributed by atoms with Crippen molar-refractivity contribution < 1.29 is 19.4 Å². The van der Waals surface area contributed by atoms with Crippen molar-refractivity contribution in [1.29, 1.82) is 0 Å². The number of hydrogen-bond acceptors (Lipinski definition) is 6. The van der Waals surface area contributed by atoms with E-state index in [2.05, 4.69) is 17.9 Å². The quantitative estimate of drug-likeness (QED) is 0.631. The highest BCUT2D eigenvalue weighted by atomic mass is 16.6. The number of carbonyl (C=O) groups is 1. The number of nitrogens with zero attached hydrogens (tertiary/aromatic N) is 2. The third kappa shape index (κ3) is 1.47. The van der Waals surface area contributed by atoms with Crippen molar-refractivity contribution in [1.82, 2.24) is 4.90 Å². The number of rotatable bonds is 2. The van der Waals surface area contributed by atoms with Crippen LogP contribution >= 0.6 is 0 Å². The zero-order valence-corrected chi connectivity index (χ0v) is 15.6. The second-order valence-corrected chi connectivity index (χ2v) is 8.71. The maximum absolute atomic E-state index is 13.3. The van der Waals surface area contributed by atoms with Crippen LogP contribution in [-0.2, 0) is 19.7 Å². The van der Waals surface area contributed by atoms with Crippen LogP contribution in [0.25, 0.3) is 0 Å². The molecule has 4 fully saturated rings. The van der Waals surface area contributed by atoms with Gasteiger partial charge in [-0.3, -0.25) is 14.7 Å². The van der Waals surface area contributed by atoms with Gasteiger partial charge in [-0.1, -0.05) is 18.2 Å². The first kappa shape index (κ1) is 16.2. The molecule has 0 radical (unpaired) electrons. The molecule has 4 heterocycles. The number of para-hydroxylation sites is 1. The number of piperidine rings is 1. The van der Waals surface area contributed by atoms with Crippen molar-refractivity contribution in [2.24, 2.45) is 16.3 Å². The zero-order valence-electron chi connectivity index (χ0n) is 15.6. The SMILES string of the molecule is COC(=O)C1(CO)C2=Nc3ccccc3[C@]23CCN2CC[C@H]1[C@]1(O[C@@H]1C)[C@@H]23. The summed E-state index contributed by atoms with van der Waals surface area (Å²) in [6.45, 7) is 3.70. The van der Waals surface area contributed by atoms with Gasteiger partial charge < -0.3 is 14.6 Å². The third-order valence-electron chi connectivity index (χ3n) is 8.12. The number of epoxide rings is 1. The summed E-state index contributed by atoms with van der Waals surface area (Å²) in [7, 11) is 1.41. The molecule has 6 rings (SSSR count). The van der Waals surface area contributed by atoms with E-state index < -0.39 is 11.0 Å². The second kappa shape index (κ2) is 4.80. The number of carbonyl (C=O) groups excluding carboxylic acids is 1. The molecule has 1 unspecified atom stereocenters. The Hall–Kier alpha value is -1.76. The molecular weight excluding hydrogens is 344 g/mol. The van der Waals surface area contributed by atoms with Gasteiger partial charge in [0.15, 0.2) is 0 Å². The second-order valence-electron chi connectivity index (χ2n) is 8.71. The van der Waals surface area contributed by atoms with E-state index in [9.17, 15) is 9.90 Å². The van der Waals surface area contributed by atoms with E-state index in [1.807, 2.05) is 18.2 Å². The van der Waals surface area contributed by atoms with Gasteiger partial charge in [0.25, 0.3) is 0 Å². The summed E-state index contributed by atoms with van der Waals surface area (Å²) in [5.41, 5.74) is 0.989. The van der Waals surface area contributed by atoms with E-state index in [1.54, 1.807) is 0 Å². The molecule has 2 bridgehead atoms.